The molecule has 0 aliphatic heterocycles. The van der Waals surface area contributed by atoms with Gasteiger partial charge in [-0.1, -0.05) is 20.8 Å². The molecule has 1 N–H and O–H groups in total. The highest BCUT2D eigenvalue weighted by Gasteiger charge is 2.38. The first kappa shape index (κ1) is 22.4. The molecule has 2 aromatic rings. The first-order valence-corrected chi connectivity index (χ1v) is 12.2. The minimum Gasteiger partial charge on any atom is -0.544 e. The maximum Gasteiger partial charge on any atom is 0.341 e. The number of nitrogens with zero attached hydrogens (tertiary/aromatic N) is 2. The number of ether oxygens (including phenoxy) is 1. The van der Waals surface area contributed by atoms with E-state index in [0.29, 0.717) is 5.56 Å². The number of carbonyl (C=O) groups is 1. The molecule has 0 aliphatic carbocycles. The van der Waals surface area contributed by atoms with Gasteiger partial charge >= 0.3 is 5.97 Å². The maximum absolute atomic E-state index is 11.6. The van der Waals surface area contributed by atoms with Gasteiger partial charge in [0.1, 0.15) is 17.1 Å². The molecule has 2 aromatic carbocycles. The summed E-state index contributed by atoms with van der Waals surface area (Å²) in [4.78, 5) is 11.6. The second kappa shape index (κ2) is 9.04. The molecule has 7 heteroatoms. The van der Waals surface area contributed by atoms with Gasteiger partial charge in [0.25, 0.3) is 0 Å². The van der Waals surface area contributed by atoms with Crippen LogP contribution in [0.1, 0.15) is 42.3 Å². The van der Waals surface area contributed by atoms with E-state index >= 15 is 0 Å². The quantitative estimate of drug-likeness (QED) is 0.313. The van der Waals surface area contributed by atoms with E-state index in [-0.39, 0.29) is 16.4 Å². The molecule has 2 rings (SSSR count). The third kappa shape index (κ3) is 6.02. The highest BCUT2D eigenvalue weighted by Crippen LogP contribution is 2.37. The summed E-state index contributed by atoms with van der Waals surface area (Å²) in [5.41, 5.74) is 1.60. The van der Waals surface area contributed by atoms with Crippen LogP contribution < -0.4 is 4.43 Å². The monoisotopic (exact) mass is 412 g/mol. The van der Waals surface area contributed by atoms with Crippen molar-refractivity contribution in [3.8, 4) is 11.5 Å². The Kier molecular flexibility index (Phi) is 6.97. The predicted octanol–water partition coefficient (Wildman–Crippen LogP) is 5.02. The van der Waals surface area contributed by atoms with Crippen LogP contribution in [0.2, 0.25) is 18.1 Å². The summed E-state index contributed by atoms with van der Waals surface area (Å²) in [7, 11) is -0.600. The van der Waals surface area contributed by atoms with Gasteiger partial charge in [-0.2, -0.15) is 10.2 Å². The molecule has 0 heterocycles. The molecule has 0 saturated heterocycles. The zero-order valence-electron chi connectivity index (χ0n) is 17.8. The van der Waals surface area contributed by atoms with E-state index in [9.17, 15) is 9.90 Å². The van der Waals surface area contributed by atoms with Gasteiger partial charge in [0.2, 0.25) is 8.32 Å². The summed E-state index contributed by atoms with van der Waals surface area (Å²) >= 11 is 0. The van der Waals surface area contributed by atoms with Crippen LogP contribution in [0.25, 0.3) is 0 Å². The summed E-state index contributed by atoms with van der Waals surface area (Å²) in [5, 5.41) is 17.9. The van der Waals surface area contributed by atoms with Crippen molar-refractivity contribution in [3.05, 3.63) is 59.2 Å². The van der Waals surface area contributed by atoms with Crippen LogP contribution in [0, 0.1) is 0 Å². The van der Waals surface area contributed by atoms with Gasteiger partial charge in [-0.15, -0.1) is 0 Å². The van der Waals surface area contributed by atoms with E-state index in [1.54, 1.807) is 12.3 Å². The third-order valence-corrected chi connectivity index (χ3v) is 9.32. The van der Waals surface area contributed by atoms with Crippen LogP contribution in [0.15, 0.2) is 52.7 Å². The van der Waals surface area contributed by atoms with Crippen molar-refractivity contribution in [2.24, 2.45) is 10.2 Å². The van der Waals surface area contributed by atoms with Crippen molar-refractivity contribution in [2.45, 2.75) is 38.9 Å². The largest absolute Gasteiger partial charge is 0.544 e. The number of rotatable bonds is 6. The van der Waals surface area contributed by atoms with E-state index in [2.05, 4.69) is 48.8 Å². The van der Waals surface area contributed by atoms with Crippen LogP contribution in [0.5, 0.6) is 11.5 Å². The molecule has 6 nitrogen and oxygen atoms in total. The van der Waals surface area contributed by atoms with Crippen molar-refractivity contribution >= 4 is 26.7 Å². The second-order valence-corrected chi connectivity index (χ2v) is 12.9. The van der Waals surface area contributed by atoms with Crippen LogP contribution in [0.4, 0.5) is 0 Å². The fourth-order valence-electron chi connectivity index (χ4n) is 2.18. The highest BCUT2D eigenvalue weighted by atomic mass is 28.4. The molecule has 0 amide bonds. The number of aromatic hydroxyl groups is 1. The van der Waals surface area contributed by atoms with E-state index < -0.39 is 14.3 Å². The molecule has 0 aromatic heterocycles. The lowest BCUT2D eigenvalue weighted by atomic mass is 10.1. The fourth-order valence-corrected chi connectivity index (χ4v) is 3.21. The average Bonchev–Trinajstić information content (AvgIpc) is 2.66. The van der Waals surface area contributed by atoms with Crippen molar-refractivity contribution in [2.75, 3.05) is 7.11 Å². The van der Waals surface area contributed by atoms with E-state index in [0.717, 1.165) is 11.3 Å². The smallest absolute Gasteiger partial charge is 0.341 e. The molecular weight excluding hydrogens is 384 g/mol. The van der Waals surface area contributed by atoms with Crippen LogP contribution in [-0.2, 0) is 4.74 Å². The van der Waals surface area contributed by atoms with Crippen LogP contribution >= 0.6 is 0 Å². The van der Waals surface area contributed by atoms with Gasteiger partial charge in [-0.3, -0.25) is 0 Å². The zero-order valence-corrected chi connectivity index (χ0v) is 18.8. The Labute approximate surface area is 173 Å². The van der Waals surface area contributed by atoms with Gasteiger partial charge in [0, 0.05) is 0 Å². The number of esters is 1. The number of carbonyl (C=O) groups excluding carboxylic acids is 1. The Balaban J connectivity index is 2.03. The van der Waals surface area contributed by atoms with Gasteiger partial charge in [0.05, 0.1) is 19.5 Å². The summed E-state index contributed by atoms with van der Waals surface area (Å²) in [6.07, 6.45) is 3.13. The second-order valence-electron chi connectivity index (χ2n) is 8.19. The molecule has 0 atom stereocenters. The SMILES string of the molecule is COC(=O)c1cc(C=NN=Cc2ccc(O[Si](C)(C)C(C)(C)C)cc2)ccc1O. The fraction of sp³-hybridized carbons (Fsp3) is 0.318. The number of methoxy groups -OCH3 is 1. The molecule has 0 spiro atoms. The average molecular weight is 413 g/mol. The number of phenols is 1. The number of hydrogen-bond donors (Lipinski definition) is 1. The lowest BCUT2D eigenvalue weighted by Gasteiger charge is -2.36. The Morgan fingerprint density at radius 3 is 2.10 bits per heavy atom. The van der Waals surface area contributed by atoms with Crippen molar-refractivity contribution < 1.29 is 19.1 Å². The van der Waals surface area contributed by atoms with Crippen LogP contribution in [0.3, 0.4) is 0 Å². The lowest BCUT2D eigenvalue weighted by Crippen LogP contribution is -2.43. The minimum atomic E-state index is -1.86. The standard InChI is InChI=1S/C22H28N2O4Si/c1-22(2,3)29(5,6)28-18-10-7-16(8-11-18)14-23-24-15-17-9-12-20(25)19(13-17)21(26)27-4/h7-15,25H,1-6H3. The van der Waals surface area contributed by atoms with Crippen LogP contribution in [-0.4, -0.2) is 38.9 Å². The molecular formula is C22H28N2O4Si. The van der Waals surface area contributed by atoms with E-state index in [1.165, 1.54) is 25.5 Å². The molecule has 29 heavy (non-hydrogen) atoms. The minimum absolute atomic E-state index is 0.0812. The topological polar surface area (TPSA) is 80.5 Å². The number of benzene rings is 2. The molecule has 0 saturated carbocycles. The zero-order chi connectivity index (χ0) is 21.7. The normalized spacial score (nSPS) is 12.5. The number of hydrogen-bond acceptors (Lipinski definition) is 6. The van der Waals surface area contributed by atoms with Crippen molar-refractivity contribution in [3.63, 3.8) is 0 Å². The van der Waals surface area contributed by atoms with Crippen molar-refractivity contribution in [1.29, 1.82) is 0 Å². The Hall–Kier alpha value is -2.93. The lowest BCUT2D eigenvalue weighted by molar-refractivity contribution is 0.0597. The Morgan fingerprint density at radius 1 is 1.00 bits per heavy atom. The molecule has 0 unspecified atom stereocenters. The summed E-state index contributed by atoms with van der Waals surface area (Å²) in [5.74, 6) is 0.107. The molecule has 0 radical (unpaired) electrons. The molecule has 154 valence electrons. The first-order chi connectivity index (χ1) is 13.5. The van der Waals surface area contributed by atoms with Gasteiger partial charge in [-0.25, -0.2) is 4.79 Å². The highest BCUT2D eigenvalue weighted by molar-refractivity contribution is 6.74. The first-order valence-electron chi connectivity index (χ1n) is 9.30. The Morgan fingerprint density at radius 2 is 1.55 bits per heavy atom. The van der Waals surface area contributed by atoms with Gasteiger partial charge in [0.15, 0.2) is 0 Å². The maximum atomic E-state index is 11.6. The van der Waals surface area contributed by atoms with Gasteiger partial charge in [-0.05, 0) is 71.7 Å². The van der Waals surface area contributed by atoms with Crippen molar-refractivity contribution in [1.82, 2.24) is 0 Å². The van der Waals surface area contributed by atoms with E-state index in [4.69, 9.17) is 4.43 Å². The Bertz CT molecular complexity index is 913. The molecule has 0 aliphatic rings. The molecule has 0 fully saturated rings. The number of phenolic OH excluding ortho intramolecular Hbond substituents is 1. The van der Waals surface area contributed by atoms with Gasteiger partial charge < -0.3 is 14.3 Å². The predicted molar refractivity (Wildman–Crippen MR) is 119 cm³/mol. The summed E-state index contributed by atoms with van der Waals surface area (Å²) in [6, 6.07) is 12.3. The third-order valence-electron chi connectivity index (χ3n) is 4.97. The van der Waals surface area contributed by atoms with E-state index in [1.807, 2.05) is 24.3 Å². The summed E-state index contributed by atoms with van der Waals surface area (Å²) < 4.78 is 10.9. The summed E-state index contributed by atoms with van der Waals surface area (Å²) in [6.45, 7) is 11.1. The molecule has 0 bridgehead atoms.